The zero-order valence-electron chi connectivity index (χ0n) is 18.4. The quantitative estimate of drug-likeness (QED) is 0.666. The van der Waals surface area contributed by atoms with Crippen molar-refractivity contribution in [2.45, 2.75) is 51.6 Å². The van der Waals surface area contributed by atoms with E-state index in [0.717, 1.165) is 41.6 Å². The number of hydrogen-bond acceptors (Lipinski definition) is 3. The molecule has 0 radical (unpaired) electrons. The SMILES string of the molecule is Cc1cccc(CC(=O)N2CCc3[nH]nc(C(=O)NC4CCCc5ccccc54)c3C2)c1. The maximum Gasteiger partial charge on any atom is 0.272 e. The summed E-state index contributed by atoms with van der Waals surface area (Å²) >= 11 is 0. The third kappa shape index (κ3) is 4.05. The van der Waals surface area contributed by atoms with Crippen molar-refractivity contribution in [1.82, 2.24) is 20.4 Å². The number of hydrogen-bond donors (Lipinski definition) is 2. The standard InChI is InChI=1S/C26H28N4O2/c1-17-6-4-7-18(14-17)15-24(31)30-13-12-23-21(16-30)25(29-28-23)26(32)27-22-11-5-9-19-8-2-3-10-20(19)22/h2-4,6-8,10,14,22H,5,9,11-13,15-16H2,1H3,(H,27,32)(H,28,29). The van der Waals surface area contributed by atoms with Gasteiger partial charge in [0.2, 0.25) is 5.91 Å². The van der Waals surface area contributed by atoms with E-state index >= 15 is 0 Å². The van der Waals surface area contributed by atoms with Crippen molar-refractivity contribution in [2.24, 2.45) is 0 Å². The third-order valence-electron chi connectivity index (χ3n) is 6.61. The number of nitrogens with one attached hydrogen (secondary N) is 2. The first-order valence-corrected chi connectivity index (χ1v) is 11.4. The highest BCUT2D eigenvalue weighted by atomic mass is 16.2. The van der Waals surface area contributed by atoms with Crippen LogP contribution in [-0.4, -0.2) is 33.5 Å². The summed E-state index contributed by atoms with van der Waals surface area (Å²) in [5.41, 5.74) is 6.88. The van der Waals surface area contributed by atoms with Gasteiger partial charge in [-0.3, -0.25) is 14.7 Å². The summed E-state index contributed by atoms with van der Waals surface area (Å²) < 4.78 is 0. The lowest BCUT2D eigenvalue weighted by atomic mass is 9.87. The van der Waals surface area contributed by atoms with Crippen LogP contribution in [0, 0.1) is 6.92 Å². The summed E-state index contributed by atoms with van der Waals surface area (Å²) in [4.78, 5) is 27.9. The Kier molecular flexibility index (Phi) is 5.52. The molecule has 2 aliphatic rings. The number of carbonyl (C=O) groups excluding carboxylic acids is 2. The normalized spacial score (nSPS) is 17.4. The van der Waals surface area contributed by atoms with Crippen LogP contribution >= 0.6 is 0 Å². The van der Waals surface area contributed by atoms with Gasteiger partial charge in [0.15, 0.2) is 5.69 Å². The van der Waals surface area contributed by atoms with E-state index < -0.39 is 0 Å². The predicted molar refractivity (Wildman–Crippen MR) is 122 cm³/mol. The van der Waals surface area contributed by atoms with Crippen LogP contribution in [-0.2, 0) is 30.6 Å². The molecule has 6 heteroatoms. The molecule has 1 aromatic heterocycles. The van der Waals surface area contributed by atoms with Crippen LogP contribution in [0.15, 0.2) is 48.5 Å². The van der Waals surface area contributed by atoms with Crippen LogP contribution in [0.4, 0.5) is 0 Å². The Morgan fingerprint density at radius 1 is 1.16 bits per heavy atom. The minimum atomic E-state index is -0.169. The van der Waals surface area contributed by atoms with Crippen molar-refractivity contribution in [3.05, 3.63) is 87.7 Å². The second-order valence-electron chi connectivity index (χ2n) is 8.88. The van der Waals surface area contributed by atoms with Crippen LogP contribution in [0.5, 0.6) is 0 Å². The van der Waals surface area contributed by atoms with Crippen LogP contribution in [0.3, 0.4) is 0 Å². The zero-order chi connectivity index (χ0) is 22.1. The van der Waals surface area contributed by atoms with Crippen molar-refractivity contribution in [3.8, 4) is 0 Å². The summed E-state index contributed by atoms with van der Waals surface area (Å²) in [5.74, 6) is -0.0906. The Bertz CT molecular complexity index is 1170. The highest BCUT2D eigenvalue weighted by Crippen LogP contribution is 2.30. The summed E-state index contributed by atoms with van der Waals surface area (Å²) in [5, 5.41) is 10.6. The van der Waals surface area contributed by atoms with Gasteiger partial charge in [0.05, 0.1) is 12.5 Å². The van der Waals surface area contributed by atoms with Gasteiger partial charge in [-0.1, -0.05) is 54.1 Å². The number of nitrogens with zero attached hydrogens (tertiary/aromatic N) is 2. The van der Waals surface area contributed by atoms with Crippen molar-refractivity contribution in [3.63, 3.8) is 0 Å². The smallest absolute Gasteiger partial charge is 0.272 e. The maximum atomic E-state index is 13.2. The first kappa shape index (κ1) is 20.5. The molecule has 1 aliphatic carbocycles. The average Bonchev–Trinajstić information content (AvgIpc) is 3.23. The van der Waals surface area contributed by atoms with Crippen molar-refractivity contribution >= 4 is 11.8 Å². The molecule has 0 bridgehead atoms. The van der Waals surface area contributed by atoms with Crippen LogP contribution in [0.2, 0.25) is 0 Å². The number of aromatic nitrogens is 2. The van der Waals surface area contributed by atoms with E-state index in [9.17, 15) is 9.59 Å². The molecule has 2 heterocycles. The molecule has 1 unspecified atom stereocenters. The largest absolute Gasteiger partial charge is 0.344 e. The monoisotopic (exact) mass is 428 g/mol. The molecular weight excluding hydrogens is 400 g/mol. The molecule has 1 atom stereocenters. The van der Waals surface area contributed by atoms with Gasteiger partial charge in [0.1, 0.15) is 0 Å². The van der Waals surface area contributed by atoms with Gasteiger partial charge < -0.3 is 10.2 Å². The van der Waals surface area contributed by atoms with Gasteiger partial charge in [-0.15, -0.1) is 0 Å². The minimum Gasteiger partial charge on any atom is -0.344 e. The first-order chi connectivity index (χ1) is 15.6. The number of fused-ring (bicyclic) bond motifs is 2. The van der Waals surface area contributed by atoms with Gasteiger partial charge in [-0.25, -0.2) is 0 Å². The number of H-pyrrole nitrogens is 1. The van der Waals surface area contributed by atoms with Gasteiger partial charge in [0, 0.05) is 30.8 Å². The average molecular weight is 429 g/mol. The zero-order valence-corrected chi connectivity index (χ0v) is 18.4. The fourth-order valence-corrected chi connectivity index (χ4v) is 4.93. The molecule has 6 nitrogen and oxygen atoms in total. The molecule has 2 aromatic carbocycles. The lowest BCUT2D eigenvalue weighted by Crippen LogP contribution is -2.38. The van der Waals surface area contributed by atoms with Gasteiger partial charge >= 0.3 is 0 Å². The molecule has 0 fully saturated rings. The van der Waals surface area contributed by atoms with E-state index in [2.05, 4.69) is 33.7 Å². The molecule has 164 valence electrons. The second kappa shape index (κ2) is 8.61. The Morgan fingerprint density at radius 2 is 2.03 bits per heavy atom. The molecule has 3 aromatic rings. The van der Waals surface area contributed by atoms with Crippen molar-refractivity contribution in [1.29, 1.82) is 0 Å². The Balaban J connectivity index is 1.30. The number of aryl methyl sites for hydroxylation is 2. The molecule has 0 saturated carbocycles. The number of benzene rings is 2. The van der Waals surface area contributed by atoms with Gasteiger partial charge in [-0.2, -0.15) is 5.10 Å². The summed E-state index contributed by atoms with van der Waals surface area (Å²) in [6.07, 6.45) is 4.09. The van der Waals surface area contributed by atoms with E-state index in [1.54, 1.807) is 0 Å². The lowest BCUT2D eigenvalue weighted by Gasteiger charge is -2.28. The van der Waals surface area contributed by atoms with Crippen LogP contribution < -0.4 is 5.32 Å². The van der Waals surface area contributed by atoms with Crippen molar-refractivity contribution in [2.75, 3.05) is 6.54 Å². The fraction of sp³-hybridized carbons (Fsp3) is 0.346. The maximum absolute atomic E-state index is 13.2. The van der Waals surface area contributed by atoms with Crippen LogP contribution in [0.1, 0.15) is 62.9 Å². The van der Waals surface area contributed by atoms with Gasteiger partial charge in [-0.05, 0) is 42.9 Å². The highest BCUT2D eigenvalue weighted by molar-refractivity contribution is 5.94. The first-order valence-electron chi connectivity index (χ1n) is 11.4. The molecule has 2 amide bonds. The number of aromatic amines is 1. The van der Waals surface area contributed by atoms with Crippen LogP contribution in [0.25, 0.3) is 0 Å². The predicted octanol–water partition coefficient (Wildman–Crippen LogP) is 3.65. The van der Waals surface area contributed by atoms with Crippen molar-refractivity contribution < 1.29 is 9.59 Å². The minimum absolute atomic E-state index is 0.00226. The van der Waals surface area contributed by atoms with Gasteiger partial charge in [0.25, 0.3) is 5.91 Å². The van der Waals surface area contributed by atoms with E-state index in [-0.39, 0.29) is 17.9 Å². The number of carbonyl (C=O) groups is 2. The van der Waals surface area contributed by atoms with E-state index in [1.165, 1.54) is 11.1 Å². The second-order valence-corrected chi connectivity index (χ2v) is 8.88. The van der Waals surface area contributed by atoms with E-state index in [1.807, 2.05) is 42.2 Å². The summed E-state index contributed by atoms with van der Waals surface area (Å²) in [6, 6.07) is 16.4. The van der Waals surface area contributed by atoms with E-state index in [0.29, 0.717) is 31.6 Å². The highest BCUT2D eigenvalue weighted by Gasteiger charge is 2.29. The topological polar surface area (TPSA) is 78.1 Å². The number of rotatable bonds is 4. The summed E-state index contributed by atoms with van der Waals surface area (Å²) in [7, 11) is 0. The lowest BCUT2D eigenvalue weighted by molar-refractivity contribution is -0.131. The molecule has 0 spiro atoms. The Hall–Kier alpha value is -3.41. The van der Waals surface area contributed by atoms with E-state index in [4.69, 9.17) is 0 Å². The summed E-state index contributed by atoms with van der Waals surface area (Å²) in [6.45, 7) is 3.08. The Morgan fingerprint density at radius 3 is 2.91 bits per heavy atom. The Labute approximate surface area is 188 Å². The number of amides is 2. The molecule has 0 saturated heterocycles. The molecular formula is C26H28N4O2. The molecule has 1 aliphatic heterocycles. The molecule has 32 heavy (non-hydrogen) atoms. The molecule has 5 rings (SSSR count). The third-order valence-corrected chi connectivity index (χ3v) is 6.61. The fourth-order valence-electron chi connectivity index (χ4n) is 4.93. The molecule has 2 N–H and O–H groups in total.